The Balaban J connectivity index is 1.17. The molecule has 8 heteroatoms. The Bertz CT molecular complexity index is 3800. The van der Waals surface area contributed by atoms with Crippen LogP contribution in [0.25, 0.3) is 132 Å². The molecule has 0 aliphatic heterocycles. The lowest BCUT2D eigenvalue weighted by Crippen LogP contribution is -1.95. The molecule has 0 radical (unpaired) electrons. The first-order chi connectivity index (χ1) is 35.5. The predicted molar refractivity (Wildman–Crippen MR) is 287 cm³/mol. The van der Waals surface area contributed by atoms with Crippen molar-refractivity contribution in [3.8, 4) is 102 Å². The number of aromatic nitrogens is 4. The lowest BCUT2D eigenvalue weighted by Gasteiger charge is -2.22. The van der Waals surface area contributed by atoms with Crippen molar-refractivity contribution in [1.29, 1.82) is 10.5 Å². The minimum absolute atomic E-state index is 0.521. The van der Waals surface area contributed by atoms with Gasteiger partial charge in [-0.05, 0) is 173 Å². The lowest BCUT2D eigenvalue weighted by atomic mass is 9.81. The Kier molecular flexibility index (Phi) is 10.5. The molecule has 0 saturated carbocycles. The summed E-state index contributed by atoms with van der Waals surface area (Å²) in [5.74, 6) is 0. The highest BCUT2D eigenvalue weighted by molar-refractivity contribution is 6.32. The van der Waals surface area contributed by atoms with E-state index in [4.69, 9.17) is 13.1 Å². The van der Waals surface area contributed by atoms with Crippen LogP contribution >= 0.6 is 0 Å². The average molecular weight is 915 g/mol. The molecule has 0 bridgehead atoms. The fourth-order valence-corrected chi connectivity index (χ4v) is 9.94. The topological polar surface area (TPSA) is 108 Å². The number of nitrogens with zero attached hydrogens (tertiary/aromatic N) is 8. The molecule has 0 aliphatic rings. The SMILES string of the molecule is [C-]#[N+]c1ccnc(-c2cccc(-c3cc(-c4cccc(-c5cc(C#N)ccn5)c4)c4ccc5c(-c6cccc(-c7cc(C#N)ccn7)c6)cc(-c6cccc(-c7cc([N+]#[C-])ccn7)c6)c6ccc3c4c56)c2)c1. The van der Waals surface area contributed by atoms with Crippen LogP contribution in [0.15, 0.2) is 207 Å². The molecule has 72 heavy (non-hydrogen) atoms. The van der Waals surface area contributed by atoms with Crippen molar-refractivity contribution in [2.24, 2.45) is 0 Å². The van der Waals surface area contributed by atoms with Crippen molar-refractivity contribution in [3.05, 3.63) is 241 Å². The lowest BCUT2D eigenvalue weighted by molar-refractivity contribution is 1.31. The van der Waals surface area contributed by atoms with Gasteiger partial charge in [-0.1, -0.05) is 97.1 Å². The molecule has 4 aromatic heterocycles. The molecular formula is C64H34N8. The van der Waals surface area contributed by atoms with E-state index in [-0.39, 0.29) is 0 Å². The standard InChI is InChI=1S/C64H34N8/c1-67-49-21-25-71-61(33-49)47-13-5-9-43(31-47)57-35-55(41-7-3-11-45(29-41)59-27-39(37-65)19-23-69-59)51-15-16-52-56(42-8-4-12-46(30-42)60-28-40(38-66)20-24-70-60)36-58(54-18-17-53(57)63(51)64(52)54)44-10-6-14-48(32-44)62-34-50(68-2)22-26-72-62/h3-36H. The maximum absolute atomic E-state index is 9.79. The highest BCUT2D eigenvalue weighted by Gasteiger charge is 2.22. The second-order valence-electron chi connectivity index (χ2n) is 17.4. The van der Waals surface area contributed by atoms with E-state index in [1.807, 2.05) is 72.8 Å². The van der Waals surface area contributed by atoms with Crippen LogP contribution in [-0.4, -0.2) is 19.9 Å². The van der Waals surface area contributed by atoms with E-state index in [2.05, 4.69) is 127 Å². The van der Waals surface area contributed by atoms with Crippen molar-refractivity contribution < 1.29 is 0 Å². The maximum atomic E-state index is 9.79. The summed E-state index contributed by atoms with van der Waals surface area (Å²) in [6.07, 6.45) is 6.71. The first-order valence-corrected chi connectivity index (χ1v) is 23.1. The number of rotatable bonds is 8. The zero-order valence-corrected chi connectivity index (χ0v) is 38.2. The van der Waals surface area contributed by atoms with Crippen LogP contribution in [-0.2, 0) is 0 Å². The number of hydrogen-bond donors (Lipinski definition) is 0. The third-order valence-corrected chi connectivity index (χ3v) is 13.3. The van der Waals surface area contributed by atoms with Crippen molar-refractivity contribution in [1.82, 2.24) is 19.9 Å². The quantitative estimate of drug-likeness (QED) is 0.111. The van der Waals surface area contributed by atoms with Crippen LogP contribution in [0.1, 0.15) is 11.1 Å². The molecule has 0 amide bonds. The van der Waals surface area contributed by atoms with Gasteiger partial charge in [-0.25, -0.2) is 9.69 Å². The highest BCUT2D eigenvalue weighted by atomic mass is 14.7. The minimum atomic E-state index is 0.521. The zero-order valence-electron chi connectivity index (χ0n) is 38.2. The largest absolute Gasteiger partial charge is 0.259 e. The third kappa shape index (κ3) is 7.58. The zero-order chi connectivity index (χ0) is 48.7. The molecule has 12 rings (SSSR count). The molecule has 0 spiro atoms. The van der Waals surface area contributed by atoms with Crippen LogP contribution < -0.4 is 0 Å². The smallest absolute Gasteiger partial charge is 0.190 e. The molecule has 8 aromatic carbocycles. The van der Waals surface area contributed by atoms with Gasteiger partial charge in [0, 0.05) is 35.9 Å². The highest BCUT2D eigenvalue weighted by Crippen LogP contribution is 2.49. The Morgan fingerprint density at radius 1 is 0.319 bits per heavy atom. The van der Waals surface area contributed by atoms with Crippen LogP contribution in [0.5, 0.6) is 0 Å². The van der Waals surface area contributed by atoms with Gasteiger partial charge in [0.1, 0.15) is 0 Å². The van der Waals surface area contributed by atoms with Crippen molar-refractivity contribution in [2.45, 2.75) is 0 Å². The number of hydrogen-bond acceptors (Lipinski definition) is 6. The molecule has 0 unspecified atom stereocenters. The Morgan fingerprint density at radius 3 is 0.917 bits per heavy atom. The first-order valence-electron chi connectivity index (χ1n) is 23.1. The Hall–Kier alpha value is -10.6. The predicted octanol–water partition coefficient (Wildman–Crippen LogP) is 16.3. The van der Waals surface area contributed by atoms with Gasteiger partial charge in [0.2, 0.25) is 0 Å². The summed E-state index contributed by atoms with van der Waals surface area (Å²) in [6, 6.07) is 65.6. The first kappa shape index (κ1) is 42.7. The molecule has 0 fully saturated rings. The van der Waals surface area contributed by atoms with Crippen molar-refractivity contribution in [3.63, 3.8) is 0 Å². The minimum Gasteiger partial charge on any atom is -0.259 e. The van der Waals surface area contributed by atoms with Crippen molar-refractivity contribution in [2.75, 3.05) is 0 Å². The normalized spacial score (nSPS) is 11.0. The van der Waals surface area contributed by atoms with E-state index < -0.39 is 0 Å². The van der Waals surface area contributed by atoms with E-state index in [1.54, 1.807) is 49.1 Å². The third-order valence-electron chi connectivity index (χ3n) is 13.3. The Labute approximate surface area is 414 Å². The average Bonchev–Trinajstić information content (AvgIpc) is 3.46. The second kappa shape index (κ2) is 17.8. The van der Waals surface area contributed by atoms with Gasteiger partial charge < -0.3 is 0 Å². The van der Waals surface area contributed by atoms with Gasteiger partial charge >= 0.3 is 0 Å². The molecule has 8 nitrogen and oxygen atoms in total. The summed E-state index contributed by atoms with van der Waals surface area (Å²) in [6.45, 7) is 15.4. The maximum Gasteiger partial charge on any atom is 0.190 e. The van der Waals surface area contributed by atoms with E-state index in [1.165, 1.54) is 0 Å². The molecule has 12 aromatic rings. The van der Waals surface area contributed by atoms with Gasteiger partial charge in [0.25, 0.3) is 0 Å². The fourth-order valence-electron chi connectivity index (χ4n) is 9.94. The van der Waals surface area contributed by atoms with Gasteiger partial charge in [-0.15, -0.1) is 0 Å². The Morgan fingerprint density at radius 2 is 0.611 bits per heavy atom. The van der Waals surface area contributed by atoms with Crippen LogP contribution in [0.3, 0.4) is 0 Å². The van der Waals surface area contributed by atoms with Gasteiger partial charge in [-0.2, -0.15) is 10.5 Å². The molecule has 0 aliphatic carbocycles. The van der Waals surface area contributed by atoms with Crippen LogP contribution in [0.2, 0.25) is 0 Å². The monoisotopic (exact) mass is 914 g/mol. The summed E-state index contributed by atoms with van der Waals surface area (Å²) in [7, 11) is 0. The molecule has 0 saturated heterocycles. The molecular weight excluding hydrogens is 881 g/mol. The molecule has 4 heterocycles. The van der Waals surface area contributed by atoms with Gasteiger partial charge in [0.05, 0.1) is 59.2 Å². The summed E-state index contributed by atoms with van der Waals surface area (Å²) >= 11 is 0. The molecule has 0 atom stereocenters. The van der Waals surface area contributed by atoms with Crippen LogP contribution in [0, 0.1) is 35.8 Å². The second-order valence-corrected chi connectivity index (χ2v) is 17.4. The number of nitriles is 2. The van der Waals surface area contributed by atoms with E-state index in [9.17, 15) is 10.5 Å². The van der Waals surface area contributed by atoms with E-state index >= 15 is 0 Å². The summed E-state index contributed by atoms with van der Waals surface area (Å²) in [4.78, 5) is 26.1. The number of pyridine rings is 4. The summed E-state index contributed by atoms with van der Waals surface area (Å²) < 4.78 is 0. The fraction of sp³-hybridized carbons (Fsp3) is 0. The molecule has 0 N–H and O–H groups in total. The summed E-state index contributed by atoms with van der Waals surface area (Å²) in [5, 5.41) is 26.0. The van der Waals surface area contributed by atoms with Crippen molar-refractivity contribution >= 4 is 43.7 Å². The van der Waals surface area contributed by atoms with Gasteiger partial charge in [-0.3, -0.25) is 19.9 Å². The van der Waals surface area contributed by atoms with Crippen LogP contribution in [0.4, 0.5) is 11.4 Å². The molecule has 330 valence electrons. The van der Waals surface area contributed by atoms with E-state index in [0.717, 1.165) is 99.1 Å². The summed E-state index contributed by atoms with van der Waals surface area (Å²) in [5.41, 5.74) is 16.6. The van der Waals surface area contributed by atoms with Gasteiger partial charge in [0.15, 0.2) is 11.4 Å². The van der Waals surface area contributed by atoms with E-state index in [0.29, 0.717) is 45.3 Å². The number of benzene rings is 8.